The van der Waals surface area contributed by atoms with Crippen molar-refractivity contribution in [2.75, 3.05) is 25.6 Å². The summed E-state index contributed by atoms with van der Waals surface area (Å²) in [6, 6.07) is 14.9. The third-order valence-electron chi connectivity index (χ3n) is 4.11. The lowest BCUT2D eigenvalue weighted by Gasteiger charge is -2.12. The van der Waals surface area contributed by atoms with Gasteiger partial charge in [0.05, 0.1) is 13.2 Å². The quantitative estimate of drug-likeness (QED) is 0.767. The Kier molecular flexibility index (Phi) is 6.28. The summed E-state index contributed by atoms with van der Waals surface area (Å²) in [6.07, 6.45) is 5.49. The number of anilines is 1. The third-order valence-corrected chi connectivity index (χ3v) is 4.11. The Hall–Kier alpha value is -2.79. The van der Waals surface area contributed by atoms with Gasteiger partial charge < -0.3 is 19.5 Å². The van der Waals surface area contributed by atoms with Gasteiger partial charge in [0.25, 0.3) is 0 Å². The van der Waals surface area contributed by atoms with Gasteiger partial charge in [-0.1, -0.05) is 24.3 Å². The number of hydrogen-bond donors (Lipinski definition) is 1. The van der Waals surface area contributed by atoms with Crippen LogP contribution in [0.3, 0.4) is 0 Å². The van der Waals surface area contributed by atoms with E-state index in [2.05, 4.69) is 5.32 Å². The first-order valence-corrected chi connectivity index (χ1v) is 8.71. The number of rotatable bonds is 7. The zero-order valence-electron chi connectivity index (χ0n) is 14.8. The molecule has 1 atom stereocenters. The van der Waals surface area contributed by atoms with Crippen molar-refractivity contribution in [3.63, 3.8) is 0 Å². The molecule has 1 unspecified atom stereocenters. The molecule has 0 aromatic heterocycles. The minimum Gasteiger partial charge on any atom is -0.496 e. The number of carbonyl (C=O) groups excluding carboxylic acids is 1. The molecule has 2 aromatic carbocycles. The minimum atomic E-state index is -0.216. The first-order valence-electron chi connectivity index (χ1n) is 8.71. The Balaban J connectivity index is 1.56. The van der Waals surface area contributed by atoms with Crippen LogP contribution in [0.1, 0.15) is 18.4 Å². The third kappa shape index (κ3) is 5.10. The fraction of sp³-hybridized carbons (Fsp3) is 0.286. The molecule has 2 aromatic rings. The molecule has 5 nitrogen and oxygen atoms in total. The number of benzene rings is 2. The van der Waals surface area contributed by atoms with Crippen LogP contribution in [0, 0.1) is 0 Å². The maximum absolute atomic E-state index is 12.2. The van der Waals surface area contributed by atoms with Crippen LogP contribution in [0.25, 0.3) is 6.08 Å². The van der Waals surface area contributed by atoms with Crippen molar-refractivity contribution < 1.29 is 19.0 Å². The molecule has 136 valence electrons. The Morgan fingerprint density at radius 2 is 2.15 bits per heavy atom. The summed E-state index contributed by atoms with van der Waals surface area (Å²) in [5, 5.41) is 2.84. The molecule has 0 radical (unpaired) electrons. The number of methoxy groups -OCH3 is 1. The van der Waals surface area contributed by atoms with Crippen LogP contribution in [0.4, 0.5) is 5.69 Å². The monoisotopic (exact) mass is 353 g/mol. The van der Waals surface area contributed by atoms with Gasteiger partial charge in [-0.2, -0.15) is 0 Å². The van der Waals surface area contributed by atoms with Crippen LogP contribution in [0.15, 0.2) is 54.6 Å². The molecule has 1 saturated heterocycles. The Labute approximate surface area is 153 Å². The number of hydrogen-bond acceptors (Lipinski definition) is 4. The van der Waals surface area contributed by atoms with Crippen molar-refractivity contribution in [1.82, 2.24) is 0 Å². The lowest BCUT2D eigenvalue weighted by Crippen LogP contribution is -2.16. The van der Waals surface area contributed by atoms with E-state index in [4.69, 9.17) is 14.2 Å². The van der Waals surface area contributed by atoms with Crippen LogP contribution in [0.5, 0.6) is 11.5 Å². The van der Waals surface area contributed by atoms with Crippen molar-refractivity contribution in [3.05, 3.63) is 60.2 Å². The van der Waals surface area contributed by atoms with Crippen LogP contribution in [-0.2, 0) is 9.53 Å². The fourth-order valence-corrected chi connectivity index (χ4v) is 2.78. The molecular weight excluding hydrogens is 330 g/mol. The van der Waals surface area contributed by atoms with Gasteiger partial charge in [-0.15, -0.1) is 0 Å². The summed E-state index contributed by atoms with van der Waals surface area (Å²) in [6.45, 7) is 1.34. The molecule has 5 heteroatoms. The Bertz CT molecular complexity index is 766. The van der Waals surface area contributed by atoms with Gasteiger partial charge >= 0.3 is 0 Å². The normalized spacial score (nSPS) is 16.6. The molecule has 1 fully saturated rings. The molecule has 26 heavy (non-hydrogen) atoms. The van der Waals surface area contributed by atoms with Gasteiger partial charge in [0, 0.05) is 30.0 Å². The summed E-state index contributed by atoms with van der Waals surface area (Å²) >= 11 is 0. The van der Waals surface area contributed by atoms with Gasteiger partial charge in [-0.3, -0.25) is 4.79 Å². The van der Waals surface area contributed by atoms with Gasteiger partial charge in [0.2, 0.25) is 5.91 Å². The average molecular weight is 353 g/mol. The number of ether oxygens (including phenoxy) is 3. The van der Waals surface area contributed by atoms with Crippen molar-refractivity contribution in [3.8, 4) is 11.5 Å². The van der Waals surface area contributed by atoms with E-state index in [-0.39, 0.29) is 12.0 Å². The average Bonchev–Trinajstić information content (AvgIpc) is 3.19. The summed E-state index contributed by atoms with van der Waals surface area (Å²) < 4.78 is 16.6. The molecule has 0 spiro atoms. The van der Waals surface area contributed by atoms with Gasteiger partial charge in [-0.25, -0.2) is 0 Å². The van der Waals surface area contributed by atoms with E-state index < -0.39 is 0 Å². The molecule has 1 amide bonds. The van der Waals surface area contributed by atoms with Crippen LogP contribution < -0.4 is 14.8 Å². The summed E-state index contributed by atoms with van der Waals surface area (Å²) in [4.78, 5) is 12.2. The van der Waals surface area contributed by atoms with Crippen molar-refractivity contribution in [2.24, 2.45) is 0 Å². The zero-order chi connectivity index (χ0) is 18.2. The molecule has 3 rings (SSSR count). The van der Waals surface area contributed by atoms with E-state index in [1.165, 1.54) is 6.08 Å². The molecule has 0 saturated carbocycles. The Morgan fingerprint density at radius 3 is 2.96 bits per heavy atom. The molecule has 1 N–H and O–H groups in total. The van der Waals surface area contributed by atoms with E-state index in [1.807, 2.05) is 48.5 Å². The molecule has 1 aliphatic rings. The highest BCUT2D eigenvalue weighted by molar-refractivity contribution is 6.02. The lowest BCUT2D eigenvalue weighted by atomic mass is 10.2. The van der Waals surface area contributed by atoms with Crippen molar-refractivity contribution in [2.45, 2.75) is 18.9 Å². The second-order valence-corrected chi connectivity index (χ2v) is 6.04. The second-order valence-electron chi connectivity index (χ2n) is 6.04. The van der Waals surface area contributed by atoms with Gasteiger partial charge in [-0.05, 0) is 37.1 Å². The number of nitrogens with one attached hydrogen (secondary N) is 1. The van der Waals surface area contributed by atoms with E-state index in [0.717, 1.165) is 30.8 Å². The standard InChI is InChI=1S/C21H23NO4/c1-24-20-10-3-2-6-16(20)11-12-21(23)22-17-7-4-8-18(14-17)26-15-19-9-5-13-25-19/h2-4,6-8,10-12,14,19H,5,9,13,15H2,1H3,(H,22,23)/b12-11+. The van der Waals surface area contributed by atoms with Crippen molar-refractivity contribution >= 4 is 17.7 Å². The van der Waals surface area contributed by atoms with E-state index >= 15 is 0 Å². The summed E-state index contributed by atoms with van der Waals surface area (Å²) in [5.41, 5.74) is 1.53. The topological polar surface area (TPSA) is 56.8 Å². The number of carbonyl (C=O) groups is 1. The predicted octanol–water partition coefficient (Wildman–Crippen LogP) is 3.90. The van der Waals surface area contributed by atoms with Crippen LogP contribution >= 0.6 is 0 Å². The van der Waals surface area contributed by atoms with Gasteiger partial charge in [0.15, 0.2) is 0 Å². The second kappa shape index (κ2) is 9.06. The predicted molar refractivity (Wildman–Crippen MR) is 102 cm³/mol. The molecule has 0 bridgehead atoms. The van der Waals surface area contributed by atoms with E-state index in [9.17, 15) is 4.79 Å². The summed E-state index contributed by atoms with van der Waals surface area (Å²) in [7, 11) is 1.61. The lowest BCUT2D eigenvalue weighted by molar-refractivity contribution is -0.111. The first kappa shape index (κ1) is 18.0. The molecule has 1 aliphatic heterocycles. The highest BCUT2D eigenvalue weighted by Crippen LogP contribution is 2.21. The summed E-state index contributed by atoms with van der Waals surface area (Å²) in [5.74, 6) is 1.22. The maximum Gasteiger partial charge on any atom is 0.248 e. The van der Waals surface area contributed by atoms with Crippen molar-refractivity contribution in [1.29, 1.82) is 0 Å². The largest absolute Gasteiger partial charge is 0.496 e. The fourth-order valence-electron chi connectivity index (χ4n) is 2.78. The number of amides is 1. The molecule has 0 aliphatic carbocycles. The smallest absolute Gasteiger partial charge is 0.248 e. The van der Waals surface area contributed by atoms with E-state index in [1.54, 1.807) is 13.2 Å². The van der Waals surface area contributed by atoms with E-state index in [0.29, 0.717) is 18.0 Å². The highest BCUT2D eigenvalue weighted by atomic mass is 16.5. The highest BCUT2D eigenvalue weighted by Gasteiger charge is 2.16. The van der Waals surface area contributed by atoms with Gasteiger partial charge in [0.1, 0.15) is 18.1 Å². The number of para-hydroxylation sites is 1. The van der Waals surface area contributed by atoms with Crippen LogP contribution in [-0.4, -0.2) is 32.3 Å². The maximum atomic E-state index is 12.2. The van der Waals surface area contributed by atoms with Crippen LogP contribution in [0.2, 0.25) is 0 Å². The SMILES string of the molecule is COc1ccccc1/C=C/C(=O)Nc1cccc(OCC2CCCO2)c1. The molecule has 1 heterocycles. The first-order chi connectivity index (χ1) is 12.7. The molecular formula is C21H23NO4. The zero-order valence-corrected chi connectivity index (χ0v) is 14.8. The minimum absolute atomic E-state index is 0.164. The Morgan fingerprint density at radius 1 is 1.27 bits per heavy atom.